The first-order chi connectivity index (χ1) is 13.5. The van der Waals surface area contributed by atoms with Gasteiger partial charge in [0.25, 0.3) is 0 Å². The molecule has 3 rings (SSSR count). The summed E-state index contributed by atoms with van der Waals surface area (Å²) in [5, 5.41) is 3.92. The van der Waals surface area contributed by atoms with Crippen molar-refractivity contribution in [3.8, 4) is 5.75 Å². The molecule has 0 amide bonds. The normalized spacial score (nSPS) is 16.2. The van der Waals surface area contributed by atoms with E-state index in [2.05, 4.69) is 16.4 Å². The highest BCUT2D eigenvalue weighted by atomic mass is 127. The van der Waals surface area contributed by atoms with Gasteiger partial charge < -0.3 is 20.5 Å². The molecule has 0 aromatic heterocycles. The van der Waals surface area contributed by atoms with Gasteiger partial charge in [-0.1, -0.05) is 29.8 Å². The molecule has 0 spiro atoms. The van der Waals surface area contributed by atoms with Crippen LogP contribution in [0.2, 0.25) is 5.02 Å². The zero-order valence-electron chi connectivity index (χ0n) is 16.9. The van der Waals surface area contributed by atoms with Gasteiger partial charge in [0.05, 0.1) is 12.6 Å². The minimum atomic E-state index is -0.155. The van der Waals surface area contributed by atoms with Crippen LogP contribution in [-0.2, 0) is 10.2 Å². The summed E-state index contributed by atoms with van der Waals surface area (Å²) in [6, 6.07) is 15.7. The highest BCUT2D eigenvalue weighted by Gasteiger charge is 2.35. The second-order valence-electron chi connectivity index (χ2n) is 7.39. The number of anilines is 1. The average Bonchev–Trinajstić information content (AvgIpc) is 2.69. The van der Waals surface area contributed by atoms with E-state index < -0.39 is 0 Å². The van der Waals surface area contributed by atoms with Gasteiger partial charge >= 0.3 is 0 Å². The van der Waals surface area contributed by atoms with E-state index in [1.54, 1.807) is 0 Å². The lowest BCUT2D eigenvalue weighted by molar-refractivity contribution is 0.0532. The van der Waals surface area contributed by atoms with E-state index in [1.165, 1.54) is 0 Å². The molecule has 1 heterocycles. The molecule has 0 aliphatic carbocycles. The van der Waals surface area contributed by atoms with Gasteiger partial charge in [0.2, 0.25) is 0 Å². The number of hydrogen-bond donors (Lipinski definition) is 2. The Kier molecular flexibility index (Phi) is 9.04. The van der Waals surface area contributed by atoms with Crippen molar-refractivity contribution in [3.63, 3.8) is 0 Å². The molecular formula is C22H29ClIN3O2. The van der Waals surface area contributed by atoms with Crippen LogP contribution in [0.1, 0.15) is 32.3 Å². The fraction of sp³-hybridized carbons (Fsp3) is 0.409. The summed E-state index contributed by atoms with van der Waals surface area (Å²) in [6.45, 7) is 5.97. The van der Waals surface area contributed by atoms with Crippen molar-refractivity contribution in [2.45, 2.75) is 38.2 Å². The van der Waals surface area contributed by atoms with E-state index in [4.69, 9.17) is 26.8 Å². The Balaban J connectivity index is 0.00000300. The third-order valence-electron chi connectivity index (χ3n) is 4.95. The average molecular weight is 530 g/mol. The van der Waals surface area contributed by atoms with Crippen molar-refractivity contribution in [1.82, 2.24) is 0 Å². The maximum absolute atomic E-state index is 6.49. The predicted octanol–water partition coefficient (Wildman–Crippen LogP) is 5.22. The Morgan fingerprint density at radius 2 is 1.83 bits per heavy atom. The van der Waals surface area contributed by atoms with Crippen molar-refractivity contribution in [1.29, 1.82) is 0 Å². The lowest BCUT2D eigenvalue weighted by Crippen LogP contribution is -2.38. The number of ether oxygens (including phenoxy) is 2. The minimum absolute atomic E-state index is 0. The van der Waals surface area contributed by atoms with Crippen molar-refractivity contribution in [2.24, 2.45) is 10.7 Å². The van der Waals surface area contributed by atoms with Gasteiger partial charge in [-0.05, 0) is 62.6 Å². The molecule has 0 atom stereocenters. The number of hydrogen-bond acceptors (Lipinski definition) is 3. The molecule has 0 unspecified atom stereocenters. The van der Waals surface area contributed by atoms with Crippen LogP contribution in [-0.4, -0.2) is 31.8 Å². The molecule has 2 aromatic rings. The summed E-state index contributed by atoms with van der Waals surface area (Å²) in [5.41, 5.74) is 7.99. The molecule has 1 aliphatic rings. The van der Waals surface area contributed by atoms with Crippen molar-refractivity contribution < 1.29 is 9.47 Å². The highest BCUT2D eigenvalue weighted by molar-refractivity contribution is 14.0. The van der Waals surface area contributed by atoms with Gasteiger partial charge in [-0.2, -0.15) is 0 Å². The van der Waals surface area contributed by atoms with Gasteiger partial charge in [-0.25, -0.2) is 0 Å². The molecule has 7 heteroatoms. The molecule has 1 saturated heterocycles. The first-order valence-electron chi connectivity index (χ1n) is 9.65. The summed E-state index contributed by atoms with van der Waals surface area (Å²) in [7, 11) is 0. The quantitative estimate of drug-likeness (QED) is 0.306. The molecule has 1 fully saturated rings. The van der Waals surface area contributed by atoms with E-state index >= 15 is 0 Å². The molecule has 158 valence electrons. The highest BCUT2D eigenvalue weighted by Crippen LogP contribution is 2.38. The van der Waals surface area contributed by atoms with Crippen molar-refractivity contribution >= 4 is 47.2 Å². The minimum Gasteiger partial charge on any atom is -0.491 e. The summed E-state index contributed by atoms with van der Waals surface area (Å²) in [6.07, 6.45) is 1.88. The molecule has 0 radical (unpaired) electrons. The van der Waals surface area contributed by atoms with E-state index in [1.807, 2.05) is 56.3 Å². The summed E-state index contributed by atoms with van der Waals surface area (Å²) < 4.78 is 11.2. The SMILES string of the molecule is CC(C)Oc1ccc(NC(N)=NCC2(c3ccccc3Cl)CCOCC2)cc1.I. The fourth-order valence-corrected chi connectivity index (χ4v) is 3.82. The number of nitrogens with zero attached hydrogens (tertiary/aromatic N) is 1. The van der Waals surface area contributed by atoms with Gasteiger partial charge in [0.1, 0.15) is 5.75 Å². The number of halogens is 2. The number of rotatable bonds is 6. The van der Waals surface area contributed by atoms with Crippen LogP contribution in [0.25, 0.3) is 0 Å². The molecule has 0 bridgehead atoms. The first-order valence-corrected chi connectivity index (χ1v) is 10.0. The lowest BCUT2D eigenvalue weighted by atomic mass is 9.74. The van der Waals surface area contributed by atoms with Crippen molar-refractivity contribution in [2.75, 3.05) is 25.1 Å². The lowest BCUT2D eigenvalue weighted by Gasteiger charge is -2.37. The second kappa shape index (κ2) is 11.0. The van der Waals surface area contributed by atoms with Gasteiger partial charge in [0.15, 0.2) is 5.96 Å². The van der Waals surface area contributed by atoms with Gasteiger partial charge in [-0.15, -0.1) is 24.0 Å². The largest absolute Gasteiger partial charge is 0.491 e. The van der Waals surface area contributed by atoms with E-state index in [0.717, 1.165) is 34.9 Å². The van der Waals surface area contributed by atoms with Crippen LogP contribution in [0, 0.1) is 0 Å². The number of nitrogens with one attached hydrogen (secondary N) is 1. The maximum Gasteiger partial charge on any atom is 0.193 e. The summed E-state index contributed by atoms with van der Waals surface area (Å²) in [4.78, 5) is 4.64. The Hall–Kier alpha value is -1.51. The van der Waals surface area contributed by atoms with Gasteiger partial charge in [-0.3, -0.25) is 4.99 Å². The standard InChI is InChI=1S/C22H28ClN3O2.HI/c1-16(2)28-18-9-7-17(8-10-18)26-21(24)25-15-22(11-13-27-14-12-22)19-5-3-4-6-20(19)23;/h3-10,16H,11-15H2,1-2H3,(H3,24,25,26);1H. The summed E-state index contributed by atoms with van der Waals surface area (Å²) in [5.74, 6) is 1.21. The molecule has 29 heavy (non-hydrogen) atoms. The molecule has 2 aromatic carbocycles. The Bertz CT molecular complexity index is 806. The topological polar surface area (TPSA) is 68.9 Å². The van der Waals surface area contributed by atoms with Crippen LogP contribution < -0.4 is 15.8 Å². The molecule has 5 nitrogen and oxygen atoms in total. The molecule has 0 saturated carbocycles. The van der Waals surface area contributed by atoms with Crippen LogP contribution in [0.3, 0.4) is 0 Å². The summed E-state index contributed by atoms with van der Waals surface area (Å²) >= 11 is 6.49. The van der Waals surface area contributed by atoms with Crippen LogP contribution in [0.15, 0.2) is 53.5 Å². The van der Waals surface area contributed by atoms with Gasteiger partial charge in [0, 0.05) is 29.3 Å². The fourth-order valence-electron chi connectivity index (χ4n) is 3.48. The molecule has 3 N–H and O–H groups in total. The molecule has 1 aliphatic heterocycles. The number of aliphatic imine (C=N–C) groups is 1. The third kappa shape index (κ3) is 6.49. The zero-order valence-corrected chi connectivity index (χ0v) is 19.9. The third-order valence-corrected chi connectivity index (χ3v) is 5.28. The van der Waals surface area contributed by atoms with Crippen LogP contribution >= 0.6 is 35.6 Å². The smallest absolute Gasteiger partial charge is 0.193 e. The van der Waals surface area contributed by atoms with E-state index in [9.17, 15) is 0 Å². The van der Waals surface area contributed by atoms with Crippen molar-refractivity contribution in [3.05, 3.63) is 59.1 Å². The number of guanidine groups is 1. The first kappa shape index (κ1) is 23.8. The van der Waals surface area contributed by atoms with Crippen LogP contribution in [0.5, 0.6) is 5.75 Å². The Labute approximate surface area is 195 Å². The Morgan fingerprint density at radius 1 is 1.17 bits per heavy atom. The maximum atomic E-state index is 6.49. The van der Waals surface area contributed by atoms with E-state index in [0.29, 0.717) is 25.7 Å². The number of benzene rings is 2. The zero-order chi connectivity index (χ0) is 20.0. The Morgan fingerprint density at radius 3 is 2.45 bits per heavy atom. The van der Waals surface area contributed by atoms with Crippen LogP contribution in [0.4, 0.5) is 5.69 Å². The second-order valence-corrected chi connectivity index (χ2v) is 7.80. The molecular weight excluding hydrogens is 501 g/mol. The van der Waals surface area contributed by atoms with E-state index in [-0.39, 0.29) is 35.5 Å². The number of nitrogens with two attached hydrogens (primary N) is 1. The monoisotopic (exact) mass is 529 g/mol. The predicted molar refractivity (Wildman–Crippen MR) is 131 cm³/mol.